The van der Waals surface area contributed by atoms with E-state index in [1.54, 1.807) is 4.90 Å². The van der Waals surface area contributed by atoms with E-state index in [2.05, 4.69) is 10.2 Å². The molecule has 0 aliphatic carbocycles. The molecule has 1 atom stereocenters. The van der Waals surface area contributed by atoms with Crippen molar-refractivity contribution in [3.05, 3.63) is 0 Å². The van der Waals surface area contributed by atoms with Crippen LogP contribution in [0, 0.1) is 0 Å². The van der Waals surface area contributed by atoms with E-state index in [4.69, 9.17) is 5.73 Å². The van der Waals surface area contributed by atoms with Gasteiger partial charge in [0.15, 0.2) is 4.34 Å². The van der Waals surface area contributed by atoms with Gasteiger partial charge < -0.3 is 10.6 Å². The summed E-state index contributed by atoms with van der Waals surface area (Å²) >= 11 is 2.78. The number of anilines is 1. The van der Waals surface area contributed by atoms with Crippen LogP contribution in [0.5, 0.6) is 0 Å². The summed E-state index contributed by atoms with van der Waals surface area (Å²) in [6, 6.07) is 0. The molecule has 1 saturated heterocycles. The van der Waals surface area contributed by atoms with E-state index in [1.807, 2.05) is 7.05 Å². The molecule has 1 aromatic heterocycles. The van der Waals surface area contributed by atoms with Gasteiger partial charge in [-0.3, -0.25) is 4.79 Å². The molecule has 1 amide bonds. The second-order valence-corrected chi connectivity index (χ2v) is 5.52. The number of nitrogens with zero attached hydrogens (tertiary/aromatic N) is 3. The fraction of sp³-hybridized carbons (Fsp3) is 0.571. The molecular weight excluding hydrogens is 220 g/mol. The Kier molecular flexibility index (Phi) is 2.60. The highest BCUT2D eigenvalue weighted by atomic mass is 32.2. The first kappa shape index (κ1) is 9.72. The zero-order valence-corrected chi connectivity index (χ0v) is 9.27. The molecule has 0 radical (unpaired) electrons. The molecule has 2 N–H and O–H groups in total. The third kappa shape index (κ3) is 1.83. The largest absolute Gasteiger partial charge is 0.374 e. The number of likely N-dealkylation sites (tertiary alicyclic amines) is 1. The summed E-state index contributed by atoms with van der Waals surface area (Å²) in [6.45, 7) is 0.824. The van der Waals surface area contributed by atoms with Crippen LogP contribution >= 0.6 is 23.1 Å². The Balaban J connectivity index is 2.02. The van der Waals surface area contributed by atoms with Crippen LogP contribution in [-0.2, 0) is 4.79 Å². The Labute approximate surface area is 89.7 Å². The number of nitrogen functional groups attached to an aromatic ring is 1. The van der Waals surface area contributed by atoms with Gasteiger partial charge in [-0.15, -0.1) is 10.2 Å². The molecule has 14 heavy (non-hydrogen) atoms. The van der Waals surface area contributed by atoms with Crippen molar-refractivity contribution >= 4 is 34.1 Å². The smallest absolute Gasteiger partial charge is 0.235 e. The van der Waals surface area contributed by atoms with Gasteiger partial charge in [0.2, 0.25) is 11.0 Å². The second-order valence-electron chi connectivity index (χ2n) is 3.06. The molecule has 2 rings (SSSR count). The molecule has 2 heterocycles. The lowest BCUT2D eigenvalue weighted by atomic mass is 10.4. The minimum atomic E-state index is -0.00708. The number of hydrogen-bond donors (Lipinski definition) is 1. The Morgan fingerprint density at radius 3 is 2.93 bits per heavy atom. The monoisotopic (exact) mass is 230 g/mol. The van der Waals surface area contributed by atoms with E-state index in [9.17, 15) is 4.79 Å². The van der Waals surface area contributed by atoms with Crippen LogP contribution in [0.25, 0.3) is 0 Å². The summed E-state index contributed by atoms with van der Waals surface area (Å²) in [4.78, 5) is 13.3. The number of carbonyl (C=O) groups excluding carboxylic acids is 1. The predicted molar refractivity (Wildman–Crippen MR) is 56.2 cm³/mol. The molecule has 5 nitrogen and oxygen atoms in total. The van der Waals surface area contributed by atoms with Crippen molar-refractivity contribution in [2.24, 2.45) is 0 Å². The van der Waals surface area contributed by atoms with Gasteiger partial charge in [0.25, 0.3) is 0 Å². The summed E-state index contributed by atoms with van der Waals surface area (Å²) in [7, 11) is 1.82. The lowest BCUT2D eigenvalue weighted by molar-refractivity contribution is -0.126. The molecular formula is C7H10N4OS2. The third-order valence-electron chi connectivity index (χ3n) is 2.04. The second kappa shape index (κ2) is 3.74. The maximum atomic E-state index is 11.5. The van der Waals surface area contributed by atoms with Gasteiger partial charge in [0.05, 0.1) is 5.25 Å². The summed E-state index contributed by atoms with van der Waals surface area (Å²) in [6.07, 6.45) is 0.874. The molecule has 76 valence electrons. The van der Waals surface area contributed by atoms with Crippen molar-refractivity contribution in [3.63, 3.8) is 0 Å². The number of rotatable bonds is 2. The van der Waals surface area contributed by atoms with Gasteiger partial charge in [-0.2, -0.15) is 0 Å². The topological polar surface area (TPSA) is 72.1 Å². The average molecular weight is 230 g/mol. The molecule has 0 bridgehead atoms. The van der Waals surface area contributed by atoms with Gasteiger partial charge in [0.1, 0.15) is 0 Å². The number of nitrogens with two attached hydrogens (primary N) is 1. The SMILES string of the molecule is CN1CCC(Sc2nnc(N)s2)C1=O. The van der Waals surface area contributed by atoms with E-state index in [0.29, 0.717) is 5.13 Å². The van der Waals surface area contributed by atoms with Crippen LogP contribution < -0.4 is 5.73 Å². The first-order chi connectivity index (χ1) is 6.66. The molecule has 1 aliphatic heterocycles. The standard InChI is InChI=1S/C7H10N4OS2/c1-11-3-2-4(5(11)12)13-7-10-9-6(8)14-7/h4H,2-3H2,1H3,(H2,8,9). The number of aromatic nitrogens is 2. The zero-order chi connectivity index (χ0) is 10.1. The highest BCUT2D eigenvalue weighted by Crippen LogP contribution is 2.32. The van der Waals surface area contributed by atoms with Crippen molar-refractivity contribution < 1.29 is 4.79 Å². The van der Waals surface area contributed by atoms with Gasteiger partial charge >= 0.3 is 0 Å². The summed E-state index contributed by atoms with van der Waals surface area (Å²) in [5.41, 5.74) is 5.45. The Hall–Kier alpha value is -0.820. The molecule has 0 spiro atoms. The van der Waals surface area contributed by atoms with Gasteiger partial charge in [-0.25, -0.2) is 0 Å². The van der Waals surface area contributed by atoms with Crippen molar-refractivity contribution in [3.8, 4) is 0 Å². The van der Waals surface area contributed by atoms with Crippen LogP contribution in [0.4, 0.5) is 5.13 Å². The van der Waals surface area contributed by atoms with E-state index < -0.39 is 0 Å². The van der Waals surface area contributed by atoms with E-state index in [0.717, 1.165) is 17.3 Å². The normalized spacial score (nSPS) is 21.9. The highest BCUT2D eigenvalue weighted by molar-refractivity contribution is 8.02. The fourth-order valence-corrected chi connectivity index (χ4v) is 3.26. The molecule has 1 aromatic rings. The molecule has 1 aliphatic rings. The predicted octanol–water partition coefficient (Wildman–Crippen LogP) is 0.443. The molecule has 0 aromatic carbocycles. The zero-order valence-electron chi connectivity index (χ0n) is 7.64. The van der Waals surface area contributed by atoms with Crippen LogP contribution in [0.3, 0.4) is 0 Å². The van der Waals surface area contributed by atoms with Crippen LogP contribution in [0.1, 0.15) is 6.42 Å². The summed E-state index contributed by atoms with van der Waals surface area (Å²) < 4.78 is 0.774. The molecule has 7 heteroatoms. The van der Waals surface area contributed by atoms with E-state index in [-0.39, 0.29) is 11.2 Å². The Bertz CT molecular complexity index is 353. The van der Waals surface area contributed by atoms with Crippen LogP contribution in [-0.4, -0.2) is 39.8 Å². The molecule has 0 saturated carbocycles. The first-order valence-corrected chi connectivity index (χ1v) is 5.87. The van der Waals surface area contributed by atoms with Crippen LogP contribution in [0.2, 0.25) is 0 Å². The van der Waals surface area contributed by atoms with Crippen LogP contribution in [0.15, 0.2) is 4.34 Å². The summed E-state index contributed by atoms with van der Waals surface area (Å²) in [5, 5.41) is 8.02. The minimum Gasteiger partial charge on any atom is -0.374 e. The molecule has 1 unspecified atom stereocenters. The lowest BCUT2D eigenvalue weighted by Crippen LogP contribution is -2.23. The first-order valence-electron chi connectivity index (χ1n) is 4.17. The maximum Gasteiger partial charge on any atom is 0.235 e. The maximum absolute atomic E-state index is 11.5. The minimum absolute atomic E-state index is 0.00708. The van der Waals surface area contributed by atoms with Crippen molar-refractivity contribution in [1.29, 1.82) is 0 Å². The van der Waals surface area contributed by atoms with Crippen molar-refractivity contribution in [2.75, 3.05) is 19.3 Å². The molecule has 1 fully saturated rings. The number of amides is 1. The quantitative estimate of drug-likeness (QED) is 0.798. The van der Waals surface area contributed by atoms with Gasteiger partial charge in [-0.1, -0.05) is 23.1 Å². The van der Waals surface area contributed by atoms with E-state index >= 15 is 0 Å². The Morgan fingerprint density at radius 1 is 1.64 bits per heavy atom. The number of hydrogen-bond acceptors (Lipinski definition) is 6. The fourth-order valence-electron chi connectivity index (χ4n) is 1.29. The van der Waals surface area contributed by atoms with E-state index in [1.165, 1.54) is 23.1 Å². The van der Waals surface area contributed by atoms with Gasteiger partial charge in [0, 0.05) is 13.6 Å². The third-order valence-corrected chi connectivity index (χ3v) is 4.13. The lowest BCUT2D eigenvalue weighted by Gasteiger charge is -2.07. The van der Waals surface area contributed by atoms with Crippen molar-refractivity contribution in [2.45, 2.75) is 16.0 Å². The highest BCUT2D eigenvalue weighted by Gasteiger charge is 2.30. The average Bonchev–Trinajstić information content (AvgIpc) is 2.67. The van der Waals surface area contributed by atoms with Gasteiger partial charge in [-0.05, 0) is 6.42 Å². The summed E-state index contributed by atoms with van der Waals surface area (Å²) in [5.74, 6) is 0.170. The number of carbonyl (C=O) groups is 1. The van der Waals surface area contributed by atoms with Crippen molar-refractivity contribution in [1.82, 2.24) is 15.1 Å². The Morgan fingerprint density at radius 2 is 2.43 bits per heavy atom. The number of thioether (sulfide) groups is 1.